The molecular weight excluding hydrogens is 314 g/mol. The third kappa shape index (κ3) is 2.99. The molecule has 21 heavy (non-hydrogen) atoms. The van der Waals surface area contributed by atoms with Crippen molar-refractivity contribution in [1.29, 1.82) is 0 Å². The van der Waals surface area contributed by atoms with Crippen molar-refractivity contribution >= 4 is 37.8 Å². The van der Waals surface area contributed by atoms with E-state index in [-0.39, 0.29) is 27.5 Å². The maximum absolute atomic E-state index is 12.0. The Morgan fingerprint density at radius 1 is 1.52 bits per heavy atom. The average Bonchev–Trinajstić information content (AvgIpc) is 3.00. The molecule has 1 saturated heterocycles. The summed E-state index contributed by atoms with van der Waals surface area (Å²) in [4.78, 5) is 14.0. The molecule has 0 aliphatic carbocycles. The Morgan fingerprint density at radius 2 is 2.19 bits per heavy atom. The zero-order valence-electron chi connectivity index (χ0n) is 12.2. The average molecular weight is 333 g/mol. The van der Waals surface area contributed by atoms with Crippen LogP contribution in [-0.4, -0.2) is 53.9 Å². The zero-order chi connectivity index (χ0) is 15.8. The zero-order valence-corrected chi connectivity index (χ0v) is 13.8. The fourth-order valence-electron chi connectivity index (χ4n) is 2.37. The number of thiophene rings is 1. The van der Waals surface area contributed by atoms with E-state index in [1.807, 2.05) is 4.90 Å². The van der Waals surface area contributed by atoms with Crippen molar-refractivity contribution in [2.45, 2.75) is 17.4 Å². The lowest BCUT2D eigenvalue weighted by Crippen LogP contribution is -2.22. The summed E-state index contributed by atoms with van der Waals surface area (Å²) in [5.41, 5.74) is 5.94. The first kappa shape index (κ1) is 16.1. The number of hydrogen-bond acceptors (Lipinski definition) is 7. The number of ether oxygens (including phenoxy) is 1. The predicted molar refractivity (Wildman–Crippen MR) is 82.9 cm³/mol. The highest BCUT2D eigenvalue weighted by Crippen LogP contribution is 2.42. The van der Waals surface area contributed by atoms with Crippen LogP contribution in [0.25, 0.3) is 0 Å². The number of hydrogen-bond donors (Lipinski definition) is 2. The summed E-state index contributed by atoms with van der Waals surface area (Å²) in [6, 6.07) is 0. The molecule has 7 nitrogen and oxygen atoms in total. The first-order valence-corrected chi connectivity index (χ1v) is 9.12. The molecule has 2 rings (SSSR count). The van der Waals surface area contributed by atoms with Gasteiger partial charge in [-0.2, -0.15) is 0 Å². The Kier molecular flexibility index (Phi) is 4.45. The van der Waals surface area contributed by atoms with Gasteiger partial charge in [-0.3, -0.25) is 4.79 Å². The summed E-state index contributed by atoms with van der Waals surface area (Å²) < 4.78 is 29.4. The molecule has 1 aliphatic rings. The number of anilines is 2. The van der Waals surface area contributed by atoms with Gasteiger partial charge in [0.2, 0.25) is 0 Å². The highest BCUT2D eigenvalue weighted by molar-refractivity contribution is 7.91. The van der Waals surface area contributed by atoms with Crippen molar-refractivity contribution in [3.8, 4) is 0 Å². The highest BCUT2D eigenvalue weighted by atomic mass is 32.2. The molecule has 1 unspecified atom stereocenters. The summed E-state index contributed by atoms with van der Waals surface area (Å²) >= 11 is 1.11. The van der Waals surface area contributed by atoms with E-state index in [1.165, 1.54) is 7.05 Å². The number of nitrogens with one attached hydrogen (secondary N) is 1. The molecule has 0 bridgehead atoms. The minimum atomic E-state index is -3.52. The lowest BCUT2D eigenvalue weighted by molar-refractivity contribution is 0.0968. The number of rotatable bonds is 4. The molecule has 9 heteroatoms. The van der Waals surface area contributed by atoms with E-state index in [4.69, 9.17) is 10.5 Å². The highest BCUT2D eigenvalue weighted by Gasteiger charge is 2.32. The second-order valence-corrected chi connectivity index (χ2v) is 7.87. The number of amides is 1. The van der Waals surface area contributed by atoms with Crippen molar-refractivity contribution in [3.05, 3.63) is 4.88 Å². The molecule has 1 aromatic heterocycles. The van der Waals surface area contributed by atoms with Crippen molar-refractivity contribution in [3.63, 3.8) is 0 Å². The molecule has 2 heterocycles. The van der Waals surface area contributed by atoms with Crippen molar-refractivity contribution < 1.29 is 17.9 Å². The minimum Gasteiger partial charge on any atom is -0.396 e. The standard InChI is InChI=1S/C12H19N3O4S2/c1-14-11(16)9-8(13)10(21(3,17)18)12(20-9)15-5-4-7(6-15)19-2/h7H,4-6,13H2,1-3H3,(H,14,16). The number of nitrogens with two attached hydrogens (primary N) is 1. The molecule has 1 amide bonds. The minimum absolute atomic E-state index is 0.0257. The van der Waals surface area contributed by atoms with Crippen molar-refractivity contribution in [1.82, 2.24) is 5.32 Å². The topological polar surface area (TPSA) is 102 Å². The Labute approximate surface area is 128 Å². The maximum atomic E-state index is 12.0. The van der Waals surface area contributed by atoms with E-state index >= 15 is 0 Å². The normalized spacial score (nSPS) is 19.0. The van der Waals surface area contributed by atoms with Crippen LogP contribution in [0.4, 0.5) is 10.7 Å². The van der Waals surface area contributed by atoms with E-state index in [2.05, 4.69) is 5.32 Å². The van der Waals surface area contributed by atoms with Crippen LogP contribution in [0.5, 0.6) is 0 Å². The van der Waals surface area contributed by atoms with Crippen LogP contribution in [0.15, 0.2) is 4.90 Å². The molecule has 0 saturated carbocycles. The molecule has 1 aliphatic heterocycles. The van der Waals surface area contributed by atoms with Gasteiger partial charge in [0.1, 0.15) is 14.8 Å². The van der Waals surface area contributed by atoms with Gasteiger partial charge in [-0.1, -0.05) is 0 Å². The molecule has 1 atom stereocenters. The molecule has 3 N–H and O–H groups in total. The van der Waals surface area contributed by atoms with Gasteiger partial charge in [-0.15, -0.1) is 11.3 Å². The van der Waals surface area contributed by atoms with Gasteiger partial charge in [0.05, 0.1) is 11.8 Å². The van der Waals surface area contributed by atoms with Crippen LogP contribution in [-0.2, 0) is 14.6 Å². The second kappa shape index (κ2) is 5.82. The first-order valence-electron chi connectivity index (χ1n) is 6.41. The van der Waals surface area contributed by atoms with Gasteiger partial charge in [0, 0.05) is 33.5 Å². The van der Waals surface area contributed by atoms with Crippen molar-refractivity contribution in [2.75, 3.05) is 44.1 Å². The number of nitrogen functional groups attached to an aromatic ring is 1. The van der Waals surface area contributed by atoms with Gasteiger partial charge >= 0.3 is 0 Å². The number of nitrogens with zero attached hydrogens (tertiary/aromatic N) is 1. The number of carbonyl (C=O) groups excluding carboxylic acids is 1. The fourth-order valence-corrected chi connectivity index (χ4v) is 5.06. The fraction of sp³-hybridized carbons (Fsp3) is 0.583. The summed E-state index contributed by atoms with van der Waals surface area (Å²) in [6.07, 6.45) is 1.98. The lowest BCUT2D eigenvalue weighted by atomic mass is 10.3. The monoisotopic (exact) mass is 333 g/mol. The second-order valence-electron chi connectivity index (χ2n) is 4.92. The summed E-state index contributed by atoms with van der Waals surface area (Å²) in [5, 5.41) is 3.00. The van der Waals surface area contributed by atoms with Crippen LogP contribution < -0.4 is 16.0 Å². The van der Waals surface area contributed by atoms with Crippen LogP contribution >= 0.6 is 11.3 Å². The van der Waals surface area contributed by atoms with E-state index in [9.17, 15) is 13.2 Å². The molecule has 1 aromatic rings. The largest absolute Gasteiger partial charge is 0.396 e. The van der Waals surface area contributed by atoms with E-state index in [1.54, 1.807) is 7.11 Å². The van der Waals surface area contributed by atoms with Crippen LogP contribution in [0.3, 0.4) is 0 Å². The Morgan fingerprint density at radius 3 is 2.67 bits per heavy atom. The van der Waals surface area contributed by atoms with Crippen LogP contribution in [0.2, 0.25) is 0 Å². The van der Waals surface area contributed by atoms with Gasteiger partial charge in [0.25, 0.3) is 5.91 Å². The third-order valence-electron chi connectivity index (χ3n) is 3.45. The molecule has 118 valence electrons. The quantitative estimate of drug-likeness (QED) is 0.823. The van der Waals surface area contributed by atoms with Gasteiger partial charge in [0.15, 0.2) is 9.84 Å². The van der Waals surface area contributed by atoms with Crippen LogP contribution in [0, 0.1) is 0 Å². The first-order chi connectivity index (χ1) is 9.79. The summed E-state index contributed by atoms with van der Waals surface area (Å²) in [7, 11) is -0.410. The van der Waals surface area contributed by atoms with Gasteiger partial charge in [-0.25, -0.2) is 8.42 Å². The Bertz CT molecular complexity index is 654. The van der Waals surface area contributed by atoms with Gasteiger partial charge in [-0.05, 0) is 6.42 Å². The summed E-state index contributed by atoms with van der Waals surface area (Å²) in [5.74, 6) is -0.379. The van der Waals surface area contributed by atoms with Gasteiger partial charge < -0.3 is 20.7 Å². The maximum Gasteiger partial charge on any atom is 0.263 e. The molecular formula is C12H19N3O4S2. The van der Waals surface area contributed by atoms with E-state index < -0.39 is 9.84 Å². The van der Waals surface area contributed by atoms with Crippen molar-refractivity contribution in [2.24, 2.45) is 0 Å². The smallest absolute Gasteiger partial charge is 0.263 e. The molecule has 0 spiro atoms. The molecule has 0 radical (unpaired) electrons. The molecule has 0 aromatic carbocycles. The van der Waals surface area contributed by atoms with E-state index in [0.717, 1.165) is 24.0 Å². The Balaban J connectivity index is 2.52. The van der Waals surface area contributed by atoms with Crippen LogP contribution in [0.1, 0.15) is 16.1 Å². The third-order valence-corrected chi connectivity index (χ3v) is 6.00. The SMILES string of the molecule is CNC(=O)c1sc(N2CCC(OC)C2)c(S(C)(=O)=O)c1N. The predicted octanol–water partition coefficient (Wildman–Crippen LogP) is 0.319. The number of methoxy groups -OCH3 is 1. The Hall–Kier alpha value is -1.32. The molecule has 1 fully saturated rings. The number of sulfone groups is 1. The lowest BCUT2D eigenvalue weighted by Gasteiger charge is -2.17. The summed E-state index contributed by atoms with van der Waals surface area (Å²) in [6.45, 7) is 1.26. The number of carbonyl (C=O) groups is 1. The van der Waals surface area contributed by atoms with E-state index in [0.29, 0.717) is 18.1 Å².